The molecule has 0 aliphatic carbocycles. The number of alkyl carbamates (subject to hydrolysis) is 1. The third-order valence-corrected chi connectivity index (χ3v) is 5.12. The molecule has 0 bridgehead atoms. The van der Waals surface area contributed by atoms with Crippen LogP contribution in [0.15, 0.2) is 10.7 Å². The second kappa shape index (κ2) is 7.42. The number of halogens is 2. The number of amides is 1. The van der Waals surface area contributed by atoms with Crippen LogP contribution in [0, 0.1) is 3.57 Å². The van der Waals surface area contributed by atoms with Gasteiger partial charge in [-0.3, -0.25) is 0 Å². The molecule has 1 heterocycles. The topological polar surface area (TPSA) is 69.6 Å². The monoisotopic (exact) mass is 500 g/mol. The minimum absolute atomic E-state index is 0.387. The largest absolute Gasteiger partial charge is 0.464 e. The van der Waals surface area contributed by atoms with Gasteiger partial charge in [-0.05, 0) is 73.1 Å². The number of ether oxygens (including phenoxy) is 2. The maximum Gasteiger partial charge on any atom is 0.408 e. The standard InChI is InChI=1S/C15H22BrIN2O4/c1-14(2,3)23-13(21)18-15(4,5)8-19-7-9(17)10(16)11(19)12(20)22-6/h7H,8H2,1-6H3,(H,18,21). The lowest BCUT2D eigenvalue weighted by atomic mass is 10.1. The number of hydrogen-bond donors (Lipinski definition) is 1. The highest BCUT2D eigenvalue weighted by Crippen LogP contribution is 2.27. The van der Waals surface area contributed by atoms with Crippen molar-refractivity contribution < 1.29 is 19.1 Å². The first kappa shape index (κ1) is 20.3. The van der Waals surface area contributed by atoms with Crippen LogP contribution in [0.25, 0.3) is 0 Å². The van der Waals surface area contributed by atoms with Gasteiger partial charge in [-0.1, -0.05) is 0 Å². The molecule has 1 aromatic heterocycles. The van der Waals surface area contributed by atoms with Crippen molar-refractivity contribution in [3.63, 3.8) is 0 Å². The van der Waals surface area contributed by atoms with E-state index in [1.807, 2.05) is 20.0 Å². The number of esters is 1. The number of hydrogen-bond acceptors (Lipinski definition) is 4. The third-order valence-electron chi connectivity index (χ3n) is 2.76. The first-order chi connectivity index (χ1) is 10.4. The number of rotatable bonds is 4. The van der Waals surface area contributed by atoms with Crippen LogP contribution < -0.4 is 5.32 Å². The van der Waals surface area contributed by atoms with E-state index in [2.05, 4.69) is 43.8 Å². The highest BCUT2D eigenvalue weighted by Gasteiger charge is 2.28. The molecule has 6 nitrogen and oxygen atoms in total. The lowest BCUT2D eigenvalue weighted by Gasteiger charge is -2.29. The van der Waals surface area contributed by atoms with Gasteiger partial charge in [0.25, 0.3) is 0 Å². The van der Waals surface area contributed by atoms with Crippen LogP contribution in [0.2, 0.25) is 0 Å². The quantitative estimate of drug-likeness (QED) is 0.502. The van der Waals surface area contributed by atoms with E-state index in [-0.39, 0.29) is 0 Å². The second-order valence-electron chi connectivity index (χ2n) is 6.77. The van der Waals surface area contributed by atoms with Crippen LogP contribution in [0.3, 0.4) is 0 Å². The van der Waals surface area contributed by atoms with Gasteiger partial charge in [-0.2, -0.15) is 0 Å². The molecule has 0 aliphatic rings. The van der Waals surface area contributed by atoms with Gasteiger partial charge in [0.15, 0.2) is 0 Å². The number of aromatic nitrogens is 1. The maximum absolute atomic E-state index is 12.0. The normalized spacial score (nSPS) is 12.0. The predicted octanol–water partition coefficient (Wildman–Crippen LogP) is 3.95. The van der Waals surface area contributed by atoms with Crippen LogP contribution in [-0.4, -0.2) is 34.9 Å². The van der Waals surface area contributed by atoms with Crippen molar-refractivity contribution in [1.82, 2.24) is 9.88 Å². The Bertz CT molecular complexity index is 605. The summed E-state index contributed by atoms with van der Waals surface area (Å²) in [5.41, 5.74) is -0.772. The van der Waals surface area contributed by atoms with Crippen LogP contribution in [0.4, 0.5) is 4.79 Å². The van der Waals surface area contributed by atoms with Gasteiger partial charge in [0, 0.05) is 16.3 Å². The molecule has 1 rings (SSSR count). The molecule has 0 aromatic carbocycles. The highest BCUT2D eigenvalue weighted by molar-refractivity contribution is 14.1. The molecule has 0 saturated heterocycles. The van der Waals surface area contributed by atoms with E-state index < -0.39 is 23.2 Å². The van der Waals surface area contributed by atoms with Crippen molar-refractivity contribution in [3.05, 3.63) is 19.9 Å². The Labute approximate surface area is 158 Å². The van der Waals surface area contributed by atoms with Crippen molar-refractivity contribution in [1.29, 1.82) is 0 Å². The molecular formula is C15H22BrIN2O4. The molecule has 8 heteroatoms. The molecular weight excluding hydrogens is 479 g/mol. The Hall–Kier alpha value is -0.770. The fourth-order valence-corrected chi connectivity index (χ4v) is 3.05. The summed E-state index contributed by atoms with van der Waals surface area (Å²) in [4.78, 5) is 23.9. The first-order valence-electron chi connectivity index (χ1n) is 7.00. The summed E-state index contributed by atoms with van der Waals surface area (Å²) < 4.78 is 13.4. The number of carbonyl (C=O) groups is 2. The van der Waals surface area contributed by atoms with E-state index >= 15 is 0 Å². The average Bonchev–Trinajstić information content (AvgIpc) is 2.59. The Kier molecular flexibility index (Phi) is 6.54. The molecule has 23 heavy (non-hydrogen) atoms. The van der Waals surface area contributed by atoms with Crippen molar-refractivity contribution in [3.8, 4) is 0 Å². The summed E-state index contributed by atoms with van der Waals surface area (Å²) in [6.07, 6.45) is 1.33. The molecule has 0 unspecified atom stereocenters. The fourth-order valence-electron chi connectivity index (χ4n) is 1.97. The summed E-state index contributed by atoms with van der Waals surface area (Å²) >= 11 is 5.53. The van der Waals surface area contributed by atoms with E-state index in [4.69, 9.17) is 9.47 Å². The van der Waals surface area contributed by atoms with Gasteiger partial charge >= 0.3 is 12.1 Å². The lowest BCUT2D eigenvalue weighted by molar-refractivity contribution is 0.0463. The Morgan fingerprint density at radius 3 is 2.35 bits per heavy atom. The third kappa shape index (κ3) is 5.98. The first-order valence-corrected chi connectivity index (χ1v) is 8.87. The number of methoxy groups -OCH3 is 1. The van der Waals surface area contributed by atoms with Crippen LogP contribution >= 0.6 is 38.5 Å². The van der Waals surface area contributed by atoms with Gasteiger partial charge in [0.2, 0.25) is 0 Å². The fraction of sp³-hybridized carbons (Fsp3) is 0.600. The predicted molar refractivity (Wildman–Crippen MR) is 99.6 cm³/mol. The summed E-state index contributed by atoms with van der Waals surface area (Å²) in [5, 5.41) is 2.82. The van der Waals surface area contributed by atoms with Crippen LogP contribution in [0.1, 0.15) is 45.1 Å². The van der Waals surface area contributed by atoms with E-state index in [1.54, 1.807) is 25.3 Å². The Balaban J connectivity index is 2.96. The van der Waals surface area contributed by atoms with E-state index in [9.17, 15) is 9.59 Å². The highest BCUT2D eigenvalue weighted by atomic mass is 127. The summed E-state index contributed by atoms with van der Waals surface area (Å²) in [6, 6.07) is 0. The average molecular weight is 501 g/mol. The zero-order valence-corrected chi connectivity index (χ0v) is 17.9. The van der Waals surface area contributed by atoms with Gasteiger partial charge < -0.3 is 19.4 Å². The van der Waals surface area contributed by atoms with Crippen molar-refractivity contribution in [2.75, 3.05) is 7.11 Å². The summed E-state index contributed by atoms with van der Waals surface area (Å²) in [6.45, 7) is 9.52. The minimum Gasteiger partial charge on any atom is -0.464 e. The summed E-state index contributed by atoms with van der Waals surface area (Å²) in [7, 11) is 1.34. The molecule has 0 saturated carbocycles. The van der Waals surface area contributed by atoms with Gasteiger partial charge in [0.1, 0.15) is 11.3 Å². The number of nitrogens with zero attached hydrogens (tertiary/aromatic N) is 1. The minimum atomic E-state index is -0.618. The van der Waals surface area contributed by atoms with Gasteiger partial charge in [0.05, 0.1) is 17.1 Å². The van der Waals surface area contributed by atoms with Gasteiger partial charge in [-0.25, -0.2) is 9.59 Å². The van der Waals surface area contributed by atoms with E-state index in [0.29, 0.717) is 16.7 Å². The zero-order chi connectivity index (χ0) is 18.0. The van der Waals surface area contributed by atoms with Crippen molar-refractivity contribution in [2.24, 2.45) is 0 Å². The molecule has 0 atom stereocenters. The Morgan fingerprint density at radius 1 is 1.30 bits per heavy atom. The summed E-state index contributed by atoms with van der Waals surface area (Å²) in [5.74, 6) is -0.437. The van der Waals surface area contributed by atoms with Crippen LogP contribution in [-0.2, 0) is 16.0 Å². The van der Waals surface area contributed by atoms with E-state index in [0.717, 1.165) is 3.57 Å². The SMILES string of the molecule is COC(=O)c1c(Br)c(I)cn1CC(C)(C)NC(=O)OC(C)(C)C. The number of carbonyl (C=O) groups excluding carboxylic acids is 2. The zero-order valence-electron chi connectivity index (χ0n) is 14.1. The molecule has 0 spiro atoms. The molecule has 1 amide bonds. The second-order valence-corrected chi connectivity index (χ2v) is 8.73. The van der Waals surface area contributed by atoms with Gasteiger partial charge in [-0.15, -0.1) is 0 Å². The lowest BCUT2D eigenvalue weighted by Crippen LogP contribution is -2.48. The molecule has 1 aromatic rings. The molecule has 130 valence electrons. The van der Waals surface area contributed by atoms with E-state index in [1.165, 1.54) is 7.11 Å². The molecule has 0 fully saturated rings. The number of nitrogens with one attached hydrogen (secondary N) is 1. The maximum atomic E-state index is 12.0. The Morgan fingerprint density at radius 2 is 1.87 bits per heavy atom. The van der Waals surface area contributed by atoms with Crippen molar-refractivity contribution in [2.45, 2.75) is 52.3 Å². The smallest absolute Gasteiger partial charge is 0.408 e. The van der Waals surface area contributed by atoms with Crippen LogP contribution in [0.5, 0.6) is 0 Å². The molecule has 0 aliphatic heterocycles. The molecule has 1 N–H and O–H groups in total. The van der Waals surface area contributed by atoms with Crippen molar-refractivity contribution >= 4 is 50.6 Å². The molecule has 0 radical (unpaired) electrons.